The third-order valence-corrected chi connectivity index (χ3v) is 5.23. The maximum absolute atomic E-state index is 13.7. The zero-order valence-corrected chi connectivity index (χ0v) is 17.6. The van der Waals surface area contributed by atoms with Crippen molar-refractivity contribution in [3.63, 3.8) is 0 Å². The lowest BCUT2D eigenvalue weighted by molar-refractivity contribution is 0.0512. The smallest absolute Gasteiger partial charge is 0.191 e. The van der Waals surface area contributed by atoms with Crippen molar-refractivity contribution < 1.29 is 13.9 Å². The molecule has 2 saturated heterocycles. The van der Waals surface area contributed by atoms with E-state index in [0.29, 0.717) is 19.8 Å². The van der Waals surface area contributed by atoms with Crippen LogP contribution >= 0.6 is 24.0 Å². The Hall–Kier alpha value is -0.930. The summed E-state index contributed by atoms with van der Waals surface area (Å²) in [5.41, 5.74) is 0.889. The van der Waals surface area contributed by atoms with Crippen molar-refractivity contribution in [1.82, 2.24) is 10.6 Å². The van der Waals surface area contributed by atoms with E-state index in [9.17, 15) is 4.39 Å². The van der Waals surface area contributed by atoms with E-state index in [-0.39, 0.29) is 41.3 Å². The van der Waals surface area contributed by atoms with E-state index in [1.54, 1.807) is 19.2 Å². The van der Waals surface area contributed by atoms with Gasteiger partial charge < -0.3 is 20.1 Å². The minimum Gasteiger partial charge on any atom is -0.381 e. The lowest BCUT2D eigenvalue weighted by Crippen LogP contribution is -2.49. The van der Waals surface area contributed by atoms with E-state index >= 15 is 0 Å². The minimum atomic E-state index is -0.191. The maximum Gasteiger partial charge on any atom is 0.191 e. The summed E-state index contributed by atoms with van der Waals surface area (Å²) in [6.45, 7) is 3.70. The molecular weight excluding hydrogens is 448 g/mol. The van der Waals surface area contributed by atoms with Gasteiger partial charge in [0.2, 0.25) is 0 Å². The molecule has 1 atom stereocenters. The van der Waals surface area contributed by atoms with Crippen LogP contribution in [0.2, 0.25) is 0 Å². The van der Waals surface area contributed by atoms with Gasteiger partial charge in [-0.1, -0.05) is 12.1 Å². The second-order valence-electron chi connectivity index (χ2n) is 6.84. The van der Waals surface area contributed by atoms with E-state index in [2.05, 4.69) is 15.6 Å². The van der Waals surface area contributed by atoms with Crippen molar-refractivity contribution in [2.45, 2.75) is 37.2 Å². The molecule has 146 valence electrons. The fraction of sp³-hybridized carbons (Fsp3) is 0.632. The summed E-state index contributed by atoms with van der Waals surface area (Å²) < 4.78 is 24.9. The van der Waals surface area contributed by atoms with Crippen LogP contribution in [0.3, 0.4) is 0 Å². The molecule has 1 aromatic rings. The number of nitrogens with one attached hydrogen (secondary N) is 2. The average Bonchev–Trinajstić information content (AvgIpc) is 3.16. The first-order valence-electron chi connectivity index (χ1n) is 9.12. The molecule has 0 saturated carbocycles. The predicted molar refractivity (Wildman–Crippen MR) is 112 cm³/mol. The summed E-state index contributed by atoms with van der Waals surface area (Å²) >= 11 is 0. The Labute approximate surface area is 172 Å². The molecule has 3 rings (SSSR count). The molecule has 5 nitrogen and oxygen atoms in total. The highest BCUT2D eigenvalue weighted by Gasteiger charge is 2.35. The zero-order valence-electron chi connectivity index (χ0n) is 15.3. The van der Waals surface area contributed by atoms with Crippen molar-refractivity contribution in [3.8, 4) is 0 Å². The fourth-order valence-electron chi connectivity index (χ4n) is 3.64. The van der Waals surface area contributed by atoms with Gasteiger partial charge in [0.05, 0.1) is 6.10 Å². The SMILES string of the molecule is CN=C(NCC1CCCO1)NCC1(c2cccc(F)c2)CCOCC1.I. The lowest BCUT2D eigenvalue weighted by atomic mass is 9.74. The normalized spacial score (nSPS) is 22.5. The number of guanidine groups is 1. The molecule has 7 heteroatoms. The molecule has 1 aromatic carbocycles. The van der Waals surface area contributed by atoms with Gasteiger partial charge in [0.15, 0.2) is 5.96 Å². The summed E-state index contributed by atoms with van der Waals surface area (Å²) in [4.78, 5) is 4.31. The summed E-state index contributed by atoms with van der Waals surface area (Å²) in [6.07, 6.45) is 4.22. The van der Waals surface area contributed by atoms with Crippen LogP contribution in [0.25, 0.3) is 0 Å². The van der Waals surface area contributed by atoms with Gasteiger partial charge in [-0.3, -0.25) is 4.99 Å². The third-order valence-electron chi connectivity index (χ3n) is 5.23. The number of halogens is 2. The molecule has 1 unspecified atom stereocenters. The van der Waals surface area contributed by atoms with E-state index < -0.39 is 0 Å². The molecule has 2 fully saturated rings. The van der Waals surface area contributed by atoms with Gasteiger partial charge >= 0.3 is 0 Å². The van der Waals surface area contributed by atoms with Crippen LogP contribution < -0.4 is 10.6 Å². The number of rotatable bonds is 5. The van der Waals surface area contributed by atoms with Crippen molar-refractivity contribution >= 4 is 29.9 Å². The lowest BCUT2D eigenvalue weighted by Gasteiger charge is -2.38. The van der Waals surface area contributed by atoms with Gasteiger partial charge in [-0.15, -0.1) is 24.0 Å². The molecule has 0 radical (unpaired) electrons. The molecule has 2 aliphatic heterocycles. The zero-order chi connectivity index (χ0) is 17.5. The minimum absolute atomic E-state index is 0. The number of ether oxygens (including phenoxy) is 2. The molecule has 2 N–H and O–H groups in total. The third kappa shape index (κ3) is 5.53. The molecule has 2 heterocycles. The number of nitrogens with zero attached hydrogens (tertiary/aromatic N) is 1. The number of hydrogen-bond acceptors (Lipinski definition) is 3. The molecule has 2 aliphatic rings. The van der Waals surface area contributed by atoms with Gasteiger partial charge in [0.1, 0.15) is 5.82 Å². The number of benzene rings is 1. The van der Waals surface area contributed by atoms with E-state index in [1.807, 2.05) is 6.07 Å². The van der Waals surface area contributed by atoms with E-state index in [4.69, 9.17) is 9.47 Å². The quantitative estimate of drug-likeness (QED) is 0.389. The molecule has 0 aromatic heterocycles. The van der Waals surface area contributed by atoms with Gasteiger partial charge in [-0.05, 0) is 43.4 Å². The second kappa shape index (κ2) is 10.4. The molecule has 0 spiro atoms. The Morgan fingerprint density at radius 1 is 1.27 bits per heavy atom. The highest BCUT2D eigenvalue weighted by molar-refractivity contribution is 14.0. The molecule has 26 heavy (non-hydrogen) atoms. The highest BCUT2D eigenvalue weighted by Crippen LogP contribution is 2.34. The second-order valence-corrected chi connectivity index (χ2v) is 6.84. The average molecular weight is 477 g/mol. The first-order valence-corrected chi connectivity index (χ1v) is 9.12. The topological polar surface area (TPSA) is 54.9 Å². The Kier molecular flexibility index (Phi) is 8.56. The highest BCUT2D eigenvalue weighted by atomic mass is 127. The van der Waals surface area contributed by atoms with Crippen LogP contribution in [0.15, 0.2) is 29.3 Å². The van der Waals surface area contributed by atoms with Gasteiger partial charge in [0.25, 0.3) is 0 Å². The molecule has 0 aliphatic carbocycles. The van der Waals surface area contributed by atoms with Crippen molar-refractivity contribution in [2.24, 2.45) is 4.99 Å². The van der Waals surface area contributed by atoms with Crippen LogP contribution in [0.4, 0.5) is 4.39 Å². The fourth-order valence-corrected chi connectivity index (χ4v) is 3.64. The Morgan fingerprint density at radius 2 is 2.08 bits per heavy atom. The first-order chi connectivity index (χ1) is 12.2. The number of aliphatic imine (C=N–C) groups is 1. The Bertz CT molecular complexity index is 588. The van der Waals surface area contributed by atoms with Crippen LogP contribution in [-0.2, 0) is 14.9 Å². The van der Waals surface area contributed by atoms with Crippen LogP contribution in [0.1, 0.15) is 31.2 Å². The summed E-state index contributed by atoms with van der Waals surface area (Å²) in [5, 5.41) is 6.77. The van der Waals surface area contributed by atoms with Gasteiger partial charge in [-0.25, -0.2) is 4.39 Å². The van der Waals surface area contributed by atoms with Crippen LogP contribution in [-0.4, -0.2) is 52.0 Å². The van der Waals surface area contributed by atoms with Crippen molar-refractivity contribution in [2.75, 3.05) is 40.0 Å². The van der Waals surface area contributed by atoms with E-state index in [0.717, 1.165) is 50.4 Å². The molecule has 0 amide bonds. The summed E-state index contributed by atoms with van der Waals surface area (Å²) in [6, 6.07) is 6.94. The Morgan fingerprint density at radius 3 is 2.73 bits per heavy atom. The van der Waals surface area contributed by atoms with E-state index in [1.165, 1.54) is 6.07 Å². The van der Waals surface area contributed by atoms with Crippen molar-refractivity contribution in [1.29, 1.82) is 0 Å². The summed E-state index contributed by atoms with van der Waals surface area (Å²) in [7, 11) is 1.77. The van der Waals surface area contributed by atoms with Gasteiger partial charge in [0, 0.05) is 45.4 Å². The largest absolute Gasteiger partial charge is 0.381 e. The molecule has 0 bridgehead atoms. The van der Waals surface area contributed by atoms with Crippen LogP contribution in [0, 0.1) is 5.82 Å². The Balaban J connectivity index is 0.00000243. The predicted octanol–water partition coefficient (Wildman–Crippen LogP) is 2.84. The monoisotopic (exact) mass is 477 g/mol. The van der Waals surface area contributed by atoms with Gasteiger partial charge in [-0.2, -0.15) is 0 Å². The standard InChI is InChI=1S/C19H28FN3O2.HI/c1-21-18(22-13-17-6-3-9-25-17)23-14-19(7-10-24-11-8-19)15-4-2-5-16(20)12-15;/h2,4-5,12,17H,3,6-11,13-14H2,1H3,(H2,21,22,23);1H. The summed E-state index contributed by atoms with van der Waals surface area (Å²) in [5.74, 6) is 0.571. The number of hydrogen-bond donors (Lipinski definition) is 2. The first kappa shape index (κ1) is 21.4. The maximum atomic E-state index is 13.7. The molecular formula is C19H29FIN3O2. The van der Waals surface area contributed by atoms with Crippen LogP contribution in [0.5, 0.6) is 0 Å². The van der Waals surface area contributed by atoms with Crippen molar-refractivity contribution in [3.05, 3.63) is 35.6 Å².